The lowest BCUT2D eigenvalue weighted by atomic mass is 10.1. The molecule has 7 unspecified atom stereocenters. The van der Waals surface area contributed by atoms with Crippen molar-refractivity contribution in [2.75, 3.05) is 138 Å². The smallest absolute Gasteiger partial charge is 0.188 e. The number of likely N-dealkylation sites (N-methyl/N-ethyl adjacent to an activating group) is 4. The molecule has 12 rings (SSSR count). The van der Waals surface area contributed by atoms with Crippen molar-refractivity contribution in [3.05, 3.63) is 112 Å². The van der Waals surface area contributed by atoms with Crippen LogP contribution in [0.2, 0.25) is 0 Å². The van der Waals surface area contributed by atoms with Gasteiger partial charge in [0.1, 0.15) is 39.4 Å². The quantitative estimate of drug-likeness (QED) is 0.0902. The number of piperidine rings is 2. The van der Waals surface area contributed by atoms with Gasteiger partial charge in [0.2, 0.25) is 0 Å². The number of carbonyl (C=O) groups is 2. The molecular weight excluding hydrogens is 1070 g/mol. The number of aliphatic hydroxyl groups excluding tert-OH is 3. The summed E-state index contributed by atoms with van der Waals surface area (Å²) < 4.78 is 10.2. The molecule has 9 heterocycles. The number of rotatable bonds is 6. The molecule has 0 radical (unpaired) electrons. The van der Waals surface area contributed by atoms with Gasteiger partial charge in [-0.25, -0.2) is 9.97 Å². The van der Waals surface area contributed by atoms with E-state index in [2.05, 4.69) is 83.4 Å². The molecule has 0 spiro atoms. The predicted molar refractivity (Wildman–Crippen MR) is 321 cm³/mol. The van der Waals surface area contributed by atoms with Gasteiger partial charge in [-0.1, -0.05) is 24.4 Å². The van der Waals surface area contributed by atoms with Gasteiger partial charge in [0.05, 0.1) is 52.5 Å². The number of ether oxygens (including phenoxy) is 2. The summed E-state index contributed by atoms with van der Waals surface area (Å²) >= 11 is 7.94. The lowest BCUT2D eigenvalue weighted by Gasteiger charge is -2.22. The number of aromatic nitrogens is 2. The molecule has 0 aliphatic carbocycles. The number of hydrogen-bond donors (Lipinski definition) is 5. The Morgan fingerprint density at radius 3 is 1.73 bits per heavy atom. The molecule has 6 N–H and O–H groups in total. The lowest BCUT2D eigenvalue weighted by molar-refractivity contribution is -0.121. The summed E-state index contributed by atoms with van der Waals surface area (Å²) in [6, 6.07) is 24.5. The first-order valence-electron chi connectivity index (χ1n) is 25.8. The molecular formula is C56H78ClN11O7S3. The van der Waals surface area contributed by atoms with E-state index in [1.165, 1.54) is 17.0 Å². The molecule has 7 aliphatic rings. The second-order valence-corrected chi connectivity index (χ2v) is 23.4. The van der Waals surface area contributed by atoms with Crippen molar-refractivity contribution in [3.63, 3.8) is 0 Å². The first-order chi connectivity index (χ1) is 36.6. The number of likely N-dealkylation sites (tertiary alicyclic amines) is 2. The number of ketones is 2. The first kappa shape index (κ1) is 62.4. The molecule has 0 bridgehead atoms. The number of fused-ring (bicyclic) bond motifs is 4. The molecule has 3 aromatic carbocycles. The van der Waals surface area contributed by atoms with Crippen LogP contribution in [0.3, 0.4) is 0 Å². The molecule has 5 aromatic rings. The maximum atomic E-state index is 12.0. The summed E-state index contributed by atoms with van der Waals surface area (Å²) in [6.45, 7) is 7.61. The Morgan fingerprint density at radius 2 is 1.23 bits per heavy atom. The van der Waals surface area contributed by atoms with E-state index in [0.717, 1.165) is 105 Å². The zero-order valence-corrected chi connectivity index (χ0v) is 49.7. The Bertz CT molecular complexity index is 2780. The highest BCUT2D eigenvalue weighted by atomic mass is 35.5. The van der Waals surface area contributed by atoms with Crippen molar-refractivity contribution >= 4 is 80.9 Å². The highest BCUT2D eigenvalue weighted by molar-refractivity contribution is 7.80. The number of epoxide rings is 2. The van der Waals surface area contributed by atoms with Gasteiger partial charge in [0.15, 0.2) is 11.6 Å². The number of hydrogen-bond acceptors (Lipinski definition) is 20. The molecule has 0 amide bonds. The Balaban J connectivity index is 0.000000157. The number of β-amino-alcohol motifs (C(OH)–C–C–N with tert-alkyl or cyclic N) is 3. The average Bonchev–Trinajstić information content (AvgIpc) is 4.29. The van der Waals surface area contributed by atoms with Crippen LogP contribution >= 0.6 is 47.3 Å². The third-order valence-electron chi connectivity index (χ3n) is 13.5. The normalized spacial score (nSPS) is 23.7. The number of benzene rings is 3. The maximum Gasteiger partial charge on any atom is 0.188 e. The second-order valence-electron chi connectivity index (χ2n) is 21.0. The van der Waals surface area contributed by atoms with E-state index in [1.54, 1.807) is 11.3 Å². The fraction of sp³-hybridized carbons (Fsp3) is 0.482. The molecule has 7 aliphatic heterocycles. The highest BCUT2D eigenvalue weighted by Crippen LogP contribution is 2.35. The molecule has 18 nitrogen and oxygen atoms in total. The minimum Gasteiger partial charge on any atom is -0.389 e. The van der Waals surface area contributed by atoms with E-state index in [4.69, 9.17) is 32.5 Å². The van der Waals surface area contributed by atoms with Gasteiger partial charge in [-0.15, -0.1) is 35.1 Å². The van der Waals surface area contributed by atoms with Crippen LogP contribution < -0.4 is 25.8 Å². The number of halogens is 1. The molecule has 424 valence electrons. The van der Waals surface area contributed by atoms with Crippen LogP contribution in [-0.2, 0) is 27.4 Å². The SMILES string of the molecule is CN(C)c1ccc(-c2nc3c(s2)C(O)CNC3)cc1.CN(C)c1ccc(C(N)=S)cc1.CN1CC(=O)C2OC2C1.CN1CC(=O)c2sc(-c3ccc(N(C)C)cc3)nc2C1.CN1CC(O)C2OC2C1.CN1CC=CC(O)C1.Cl. The number of nitrogens with one attached hydrogen (secondary N) is 1. The van der Waals surface area contributed by atoms with Crippen molar-refractivity contribution in [1.29, 1.82) is 0 Å². The van der Waals surface area contributed by atoms with Crippen LogP contribution in [0, 0.1) is 0 Å². The van der Waals surface area contributed by atoms with Crippen LogP contribution in [0.15, 0.2) is 84.9 Å². The number of Topliss-reactive ketones (excluding diaryl/α,β-unsaturated/α-hetero) is 2. The number of anilines is 3. The van der Waals surface area contributed by atoms with E-state index in [-0.39, 0.29) is 54.5 Å². The molecule has 4 saturated heterocycles. The summed E-state index contributed by atoms with van der Waals surface area (Å²) in [4.78, 5) is 48.8. The van der Waals surface area contributed by atoms with Crippen molar-refractivity contribution in [3.8, 4) is 21.1 Å². The summed E-state index contributed by atoms with van der Waals surface area (Å²) in [5, 5.41) is 33.2. The summed E-state index contributed by atoms with van der Waals surface area (Å²) in [5.41, 5.74) is 13.9. The van der Waals surface area contributed by atoms with Crippen molar-refractivity contribution in [1.82, 2.24) is 34.9 Å². The third kappa shape index (κ3) is 17.6. The Hall–Kier alpha value is -4.82. The topological polar surface area (TPSA) is 206 Å². The zero-order valence-electron chi connectivity index (χ0n) is 46.4. The predicted octanol–water partition coefficient (Wildman–Crippen LogP) is 4.50. The fourth-order valence-electron chi connectivity index (χ4n) is 9.04. The van der Waals surface area contributed by atoms with Crippen LogP contribution in [0.5, 0.6) is 0 Å². The molecule has 22 heteroatoms. The van der Waals surface area contributed by atoms with E-state index in [0.29, 0.717) is 30.7 Å². The van der Waals surface area contributed by atoms with Gasteiger partial charge >= 0.3 is 0 Å². The number of thiazole rings is 2. The number of carbonyl (C=O) groups excluding carboxylic acids is 2. The van der Waals surface area contributed by atoms with Crippen molar-refractivity contribution in [2.24, 2.45) is 5.73 Å². The second kappa shape index (κ2) is 28.5. The van der Waals surface area contributed by atoms with Gasteiger partial charge in [0.25, 0.3) is 0 Å². The minimum absolute atomic E-state index is 0. The van der Waals surface area contributed by atoms with Gasteiger partial charge in [-0.3, -0.25) is 24.3 Å². The Morgan fingerprint density at radius 1 is 0.679 bits per heavy atom. The summed E-state index contributed by atoms with van der Waals surface area (Å²) in [5.74, 6) is 0.427. The zero-order chi connectivity index (χ0) is 55.7. The van der Waals surface area contributed by atoms with E-state index >= 15 is 0 Å². The summed E-state index contributed by atoms with van der Waals surface area (Å²) in [6.07, 6.45) is 3.62. The monoisotopic (exact) mass is 1150 g/mol. The largest absolute Gasteiger partial charge is 0.389 e. The number of thiocarbonyl (C=S) groups is 1. The standard InChI is InChI=1S/C15H17N3OS.C14H17N3OS.C9H12N2S.C6H11NO2.C6H9NO2.C6H11NO.ClH/c1-17(2)11-6-4-10(5-7-11)15-16-12-8-18(3)9-13(19)14(12)20-15;1-17(2)10-5-3-9(4-6-10)14-16-11-7-15-8-12(18)13(11)19-14;1-11(2)8-5-3-7(4-6-8)9(10)12;2*1-7-2-4(8)6-5(3-7)9-6;1-7-4-2-3-6(8)5-7;/h4-7H,8-9H2,1-3H3;3-6,12,15,18H,7-8H2,1-2H3;3-6H,1-2H3,(H2,10,12);4-6,8H,2-3H2,1H3;5-6H,2-3H2,1H3;2-3,6,8H,4-5H2,1H3;1H. The molecule has 0 saturated carbocycles. The number of aliphatic hydroxyl groups is 3. The fourth-order valence-corrected chi connectivity index (χ4v) is 11.3. The van der Waals surface area contributed by atoms with Gasteiger partial charge < -0.3 is 55.4 Å². The molecule has 2 aromatic heterocycles. The van der Waals surface area contributed by atoms with Crippen LogP contribution in [-0.4, -0.2) is 221 Å². The summed E-state index contributed by atoms with van der Waals surface area (Å²) in [7, 11) is 20.0. The molecule has 4 fully saturated rings. The molecule has 78 heavy (non-hydrogen) atoms. The Kier molecular flexibility index (Phi) is 22.8. The first-order valence-corrected chi connectivity index (χ1v) is 27.8. The van der Waals surface area contributed by atoms with Crippen molar-refractivity contribution < 1.29 is 34.4 Å². The number of nitrogens with zero attached hydrogens (tertiary/aromatic N) is 9. The molecule has 7 atom stereocenters. The van der Waals surface area contributed by atoms with Gasteiger partial charge in [0, 0.05) is 128 Å². The van der Waals surface area contributed by atoms with Crippen LogP contribution in [0.4, 0.5) is 17.1 Å². The van der Waals surface area contributed by atoms with Gasteiger partial charge in [-0.2, -0.15) is 0 Å². The van der Waals surface area contributed by atoms with E-state index in [1.807, 2.05) is 122 Å². The van der Waals surface area contributed by atoms with Crippen LogP contribution in [0.1, 0.15) is 37.6 Å². The van der Waals surface area contributed by atoms with Crippen molar-refractivity contribution in [2.45, 2.75) is 55.8 Å². The average molecular weight is 1150 g/mol. The maximum absolute atomic E-state index is 12.0. The van der Waals surface area contributed by atoms with E-state index < -0.39 is 6.10 Å². The number of nitrogens with two attached hydrogens (primary N) is 1. The lowest BCUT2D eigenvalue weighted by Crippen LogP contribution is -2.41. The Labute approximate surface area is 479 Å². The van der Waals surface area contributed by atoms with E-state index in [9.17, 15) is 19.8 Å². The minimum atomic E-state index is -0.420. The third-order valence-corrected chi connectivity index (χ3v) is 16.1. The van der Waals surface area contributed by atoms with Crippen LogP contribution in [0.25, 0.3) is 21.1 Å². The van der Waals surface area contributed by atoms with Gasteiger partial charge in [-0.05, 0) is 101 Å². The highest BCUT2D eigenvalue weighted by Gasteiger charge is 2.49.